The van der Waals surface area contributed by atoms with Crippen LogP contribution in [0.3, 0.4) is 0 Å². The number of ether oxygens (including phenoxy) is 1. The molecule has 10 heteroatoms. The van der Waals surface area contributed by atoms with E-state index in [4.69, 9.17) is 16.3 Å². The highest BCUT2D eigenvalue weighted by molar-refractivity contribution is 6.33. The first-order valence-corrected chi connectivity index (χ1v) is 12.5. The van der Waals surface area contributed by atoms with Gasteiger partial charge in [0, 0.05) is 51.5 Å². The van der Waals surface area contributed by atoms with E-state index < -0.39 is 17.6 Å². The lowest BCUT2D eigenvalue weighted by atomic mass is 10.00. The van der Waals surface area contributed by atoms with Gasteiger partial charge in [0.15, 0.2) is 5.82 Å². The van der Waals surface area contributed by atoms with Gasteiger partial charge < -0.3 is 14.5 Å². The third-order valence-electron chi connectivity index (χ3n) is 7.82. The molecule has 0 radical (unpaired) electrons. The zero-order chi connectivity index (χ0) is 24.7. The lowest BCUT2D eigenvalue weighted by Gasteiger charge is -2.30. The van der Waals surface area contributed by atoms with E-state index in [1.807, 2.05) is 0 Å². The van der Waals surface area contributed by atoms with Crippen molar-refractivity contribution in [3.63, 3.8) is 0 Å². The average Bonchev–Trinajstić information content (AvgIpc) is 3.39. The normalized spacial score (nSPS) is 25.7. The first kappa shape index (κ1) is 24.7. The number of nitrogens with zero attached hydrogens (tertiary/aromatic N) is 4. The van der Waals surface area contributed by atoms with E-state index in [0.29, 0.717) is 17.8 Å². The molecule has 1 aromatic carbocycles. The Kier molecular flexibility index (Phi) is 6.94. The van der Waals surface area contributed by atoms with Crippen LogP contribution in [0.4, 0.5) is 23.4 Å². The number of aromatic nitrogens is 2. The molecule has 3 fully saturated rings. The van der Waals surface area contributed by atoms with Crippen molar-refractivity contribution in [1.29, 1.82) is 0 Å². The van der Waals surface area contributed by atoms with Gasteiger partial charge in [0.25, 0.3) is 0 Å². The summed E-state index contributed by atoms with van der Waals surface area (Å²) >= 11 is 6.09. The molecule has 2 saturated heterocycles. The van der Waals surface area contributed by atoms with E-state index in [9.17, 15) is 17.6 Å². The Morgan fingerprint density at radius 2 is 1.77 bits per heavy atom. The van der Waals surface area contributed by atoms with Crippen LogP contribution in [0.5, 0.6) is 0 Å². The minimum absolute atomic E-state index is 0.0331. The van der Waals surface area contributed by atoms with E-state index in [0.717, 1.165) is 76.7 Å². The van der Waals surface area contributed by atoms with Crippen LogP contribution in [0.2, 0.25) is 5.02 Å². The van der Waals surface area contributed by atoms with Crippen LogP contribution in [0, 0.1) is 23.6 Å². The van der Waals surface area contributed by atoms with Crippen LogP contribution in [-0.2, 0) is 10.9 Å². The molecule has 190 valence electrons. The van der Waals surface area contributed by atoms with Gasteiger partial charge in [-0.25, -0.2) is 4.39 Å². The minimum Gasteiger partial charge on any atom is -0.381 e. The van der Waals surface area contributed by atoms with E-state index in [1.165, 1.54) is 6.07 Å². The number of hydrogen-bond acceptors (Lipinski definition) is 5. The molecule has 2 aliphatic heterocycles. The highest BCUT2D eigenvalue weighted by Gasteiger charge is 2.44. The lowest BCUT2D eigenvalue weighted by Crippen LogP contribution is -2.36. The Labute approximate surface area is 207 Å². The molecule has 0 unspecified atom stereocenters. The van der Waals surface area contributed by atoms with Gasteiger partial charge in [0.2, 0.25) is 0 Å². The fourth-order valence-corrected chi connectivity index (χ4v) is 6.19. The summed E-state index contributed by atoms with van der Waals surface area (Å²) in [7, 11) is 1.67. The SMILES string of the molecule is CN(c1nnc(-c2cc(F)ccc2Cl)cc1C(F)(F)F)[C@H]1C[C@@H]2CN(CC3CCOCC3)C[C@@H]2C1. The third-order valence-corrected chi connectivity index (χ3v) is 8.15. The largest absolute Gasteiger partial charge is 0.420 e. The van der Waals surface area contributed by atoms with Gasteiger partial charge in [-0.2, -0.15) is 13.2 Å². The summed E-state index contributed by atoms with van der Waals surface area (Å²) in [6.07, 6.45) is -0.757. The molecule has 0 bridgehead atoms. The maximum atomic E-state index is 14.1. The fourth-order valence-electron chi connectivity index (χ4n) is 5.98. The zero-order valence-electron chi connectivity index (χ0n) is 19.6. The summed E-state index contributed by atoms with van der Waals surface area (Å²) in [5.74, 6) is 0.836. The standard InChI is InChI=1S/C25H29ClF4N4O/c1-33(19-8-16-13-34(14-17(16)9-19)12-15-4-6-35-7-5-15)24-21(25(28,29)30)11-23(31-32-24)20-10-18(27)2-3-22(20)26/h2-3,10-11,15-17,19H,4-9,12-14H2,1H3/t16-,17+,19+. The van der Waals surface area contributed by atoms with Crippen molar-refractivity contribution in [3.8, 4) is 11.3 Å². The molecule has 5 nitrogen and oxygen atoms in total. The highest BCUT2D eigenvalue weighted by Crippen LogP contribution is 2.44. The van der Waals surface area contributed by atoms with Crippen molar-refractivity contribution in [2.45, 2.75) is 37.9 Å². The molecule has 3 aliphatic rings. The number of alkyl halides is 3. The van der Waals surface area contributed by atoms with Gasteiger partial charge in [0.05, 0.1) is 10.7 Å². The van der Waals surface area contributed by atoms with Crippen molar-refractivity contribution in [2.24, 2.45) is 17.8 Å². The first-order valence-electron chi connectivity index (χ1n) is 12.1. The molecule has 0 amide bonds. The molecule has 2 aromatic rings. The smallest absolute Gasteiger partial charge is 0.381 e. The molecular formula is C25H29ClF4N4O. The lowest BCUT2D eigenvalue weighted by molar-refractivity contribution is -0.137. The van der Waals surface area contributed by atoms with Crippen molar-refractivity contribution in [2.75, 3.05) is 44.8 Å². The topological polar surface area (TPSA) is 41.5 Å². The summed E-state index contributed by atoms with van der Waals surface area (Å²) in [4.78, 5) is 4.16. The zero-order valence-corrected chi connectivity index (χ0v) is 20.3. The van der Waals surface area contributed by atoms with Crippen molar-refractivity contribution < 1.29 is 22.3 Å². The summed E-state index contributed by atoms with van der Waals surface area (Å²) in [5.41, 5.74) is -0.909. The fraction of sp³-hybridized carbons (Fsp3) is 0.600. The number of hydrogen-bond donors (Lipinski definition) is 0. The summed E-state index contributed by atoms with van der Waals surface area (Å²) in [6, 6.07) is 4.40. The van der Waals surface area contributed by atoms with Crippen LogP contribution in [0.25, 0.3) is 11.3 Å². The second kappa shape index (κ2) is 9.82. The van der Waals surface area contributed by atoms with Crippen molar-refractivity contribution in [1.82, 2.24) is 15.1 Å². The number of likely N-dealkylation sites (tertiary alicyclic amines) is 1. The molecule has 35 heavy (non-hydrogen) atoms. The Hall–Kier alpha value is -1.97. The summed E-state index contributed by atoms with van der Waals surface area (Å²) in [6.45, 7) is 4.77. The molecule has 1 aliphatic carbocycles. The number of benzene rings is 1. The van der Waals surface area contributed by atoms with E-state index >= 15 is 0 Å². The Bertz CT molecular complexity index is 1050. The molecule has 0 spiro atoms. The molecule has 3 atom stereocenters. The molecule has 5 rings (SSSR count). The van der Waals surface area contributed by atoms with Crippen LogP contribution < -0.4 is 4.90 Å². The van der Waals surface area contributed by atoms with Gasteiger partial charge in [0.1, 0.15) is 11.4 Å². The number of fused-ring (bicyclic) bond motifs is 1. The predicted molar refractivity (Wildman–Crippen MR) is 126 cm³/mol. The van der Waals surface area contributed by atoms with Gasteiger partial charge in [-0.15, -0.1) is 10.2 Å². The first-order chi connectivity index (χ1) is 16.7. The highest BCUT2D eigenvalue weighted by atomic mass is 35.5. The molecule has 0 N–H and O–H groups in total. The number of halogens is 5. The Morgan fingerprint density at radius 3 is 2.43 bits per heavy atom. The quantitative estimate of drug-likeness (QED) is 0.493. The number of anilines is 1. The van der Waals surface area contributed by atoms with E-state index in [1.54, 1.807) is 11.9 Å². The van der Waals surface area contributed by atoms with Gasteiger partial charge in [-0.05, 0) is 67.7 Å². The van der Waals surface area contributed by atoms with Gasteiger partial charge in [-0.3, -0.25) is 0 Å². The minimum atomic E-state index is -4.64. The van der Waals surface area contributed by atoms with Gasteiger partial charge >= 0.3 is 6.18 Å². The van der Waals surface area contributed by atoms with Crippen LogP contribution in [0.1, 0.15) is 31.2 Å². The Morgan fingerprint density at radius 1 is 1.09 bits per heavy atom. The van der Waals surface area contributed by atoms with E-state index in [2.05, 4.69) is 15.1 Å². The monoisotopic (exact) mass is 512 g/mol. The van der Waals surface area contributed by atoms with Crippen molar-refractivity contribution >= 4 is 17.4 Å². The van der Waals surface area contributed by atoms with Crippen LogP contribution in [-0.4, -0.2) is 61.0 Å². The van der Waals surface area contributed by atoms with E-state index in [-0.39, 0.29) is 28.1 Å². The summed E-state index contributed by atoms with van der Waals surface area (Å²) in [5, 5.41) is 8.10. The Balaban J connectivity index is 1.31. The van der Waals surface area contributed by atoms with Crippen LogP contribution in [0.15, 0.2) is 24.3 Å². The molecule has 1 aromatic heterocycles. The second-order valence-corrected chi connectivity index (χ2v) is 10.5. The molecular weight excluding hydrogens is 484 g/mol. The average molecular weight is 513 g/mol. The predicted octanol–water partition coefficient (Wildman–Crippen LogP) is 5.53. The summed E-state index contributed by atoms with van der Waals surface area (Å²) < 4.78 is 61.3. The molecule has 1 saturated carbocycles. The number of rotatable bonds is 5. The second-order valence-electron chi connectivity index (χ2n) is 10.1. The molecule has 3 heterocycles. The maximum absolute atomic E-state index is 14.1. The van der Waals surface area contributed by atoms with Crippen molar-refractivity contribution in [3.05, 3.63) is 40.7 Å². The maximum Gasteiger partial charge on any atom is 0.420 e. The van der Waals surface area contributed by atoms with Crippen LogP contribution >= 0.6 is 11.6 Å². The third kappa shape index (κ3) is 5.27. The van der Waals surface area contributed by atoms with Gasteiger partial charge in [-0.1, -0.05) is 11.6 Å².